The first-order valence-corrected chi connectivity index (χ1v) is 4.75. The summed E-state index contributed by atoms with van der Waals surface area (Å²) in [5.74, 6) is 0. The van der Waals surface area contributed by atoms with Crippen LogP contribution in [-0.4, -0.2) is 17.8 Å². The molecule has 0 amide bonds. The van der Waals surface area contributed by atoms with Crippen molar-refractivity contribution in [2.75, 3.05) is 6.54 Å². The van der Waals surface area contributed by atoms with Gasteiger partial charge in [-0.2, -0.15) is 0 Å². The molecule has 2 nitrogen and oxygen atoms in total. The maximum atomic E-state index is 9.61. The van der Waals surface area contributed by atoms with Crippen LogP contribution in [0.5, 0.6) is 0 Å². The lowest BCUT2D eigenvalue weighted by atomic mass is 9.85. The van der Waals surface area contributed by atoms with E-state index in [1.165, 1.54) is 0 Å². The lowest BCUT2D eigenvalue weighted by Gasteiger charge is -2.24. The average Bonchev–Trinajstić information content (AvgIpc) is 2.36. The number of aliphatic hydroxyl groups is 1. The average molecular weight is 169 g/mol. The van der Waals surface area contributed by atoms with Crippen LogP contribution in [0.15, 0.2) is 12.3 Å². The van der Waals surface area contributed by atoms with Gasteiger partial charge >= 0.3 is 0 Å². The zero-order valence-corrected chi connectivity index (χ0v) is 8.01. The summed E-state index contributed by atoms with van der Waals surface area (Å²) >= 11 is 0. The molecule has 2 N–H and O–H groups in total. The summed E-state index contributed by atoms with van der Waals surface area (Å²) in [5.41, 5.74) is 0.175. The van der Waals surface area contributed by atoms with Crippen LogP contribution in [0.2, 0.25) is 0 Å². The highest BCUT2D eigenvalue weighted by Crippen LogP contribution is 2.28. The van der Waals surface area contributed by atoms with Crippen LogP contribution in [0.3, 0.4) is 0 Å². The van der Waals surface area contributed by atoms with E-state index in [4.69, 9.17) is 0 Å². The third-order valence-electron chi connectivity index (χ3n) is 2.43. The Balaban J connectivity index is 2.33. The maximum absolute atomic E-state index is 9.61. The van der Waals surface area contributed by atoms with E-state index in [2.05, 4.69) is 25.2 Å². The van der Waals surface area contributed by atoms with Gasteiger partial charge in [-0.15, -0.1) is 0 Å². The summed E-state index contributed by atoms with van der Waals surface area (Å²) in [5, 5.41) is 12.8. The highest BCUT2D eigenvalue weighted by molar-refractivity contribution is 5.05. The summed E-state index contributed by atoms with van der Waals surface area (Å²) in [6.07, 6.45) is 6.87. The highest BCUT2D eigenvalue weighted by atomic mass is 16.3. The van der Waals surface area contributed by atoms with Gasteiger partial charge in [0.1, 0.15) is 0 Å². The number of nitrogens with one attached hydrogen (secondary N) is 1. The zero-order valence-electron chi connectivity index (χ0n) is 8.01. The zero-order chi connectivity index (χ0) is 9.03. The Morgan fingerprint density at radius 1 is 1.67 bits per heavy atom. The minimum Gasteiger partial charge on any atom is -0.393 e. The number of rotatable bonds is 4. The molecule has 0 aromatic rings. The summed E-state index contributed by atoms with van der Waals surface area (Å²) in [4.78, 5) is 0. The van der Waals surface area contributed by atoms with Crippen molar-refractivity contribution in [2.45, 2.75) is 39.2 Å². The molecule has 0 saturated heterocycles. The van der Waals surface area contributed by atoms with Gasteiger partial charge in [-0.05, 0) is 19.0 Å². The third-order valence-corrected chi connectivity index (χ3v) is 2.43. The molecule has 0 bridgehead atoms. The topological polar surface area (TPSA) is 32.3 Å². The van der Waals surface area contributed by atoms with Gasteiger partial charge < -0.3 is 10.4 Å². The van der Waals surface area contributed by atoms with Gasteiger partial charge in [0.25, 0.3) is 0 Å². The lowest BCUT2D eigenvalue weighted by molar-refractivity contribution is 0.119. The fourth-order valence-electron chi connectivity index (χ4n) is 1.72. The van der Waals surface area contributed by atoms with Crippen molar-refractivity contribution >= 4 is 0 Å². The van der Waals surface area contributed by atoms with Gasteiger partial charge in [-0.25, -0.2) is 0 Å². The van der Waals surface area contributed by atoms with Gasteiger partial charge in [-0.1, -0.05) is 26.3 Å². The van der Waals surface area contributed by atoms with Crippen LogP contribution in [-0.2, 0) is 0 Å². The van der Waals surface area contributed by atoms with Crippen molar-refractivity contribution in [3.8, 4) is 0 Å². The molecule has 70 valence electrons. The molecule has 0 aliphatic carbocycles. The molecule has 1 heterocycles. The largest absolute Gasteiger partial charge is 0.393 e. The second-order valence-corrected chi connectivity index (χ2v) is 4.01. The minimum absolute atomic E-state index is 0.135. The lowest BCUT2D eigenvalue weighted by Crippen LogP contribution is -2.26. The van der Waals surface area contributed by atoms with E-state index >= 15 is 0 Å². The Bertz CT molecular complexity index is 167. The van der Waals surface area contributed by atoms with E-state index in [9.17, 15) is 5.11 Å². The van der Waals surface area contributed by atoms with Crippen molar-refractivity contribution in [3.63, 3.8) is 0 Å². The molecule has 0 radical (unpaired) electrons. The molecular formula is C10H19NO. The van der Waals surface area contributed by atoms with Crippen molar-refractivity contribution in [2.24, 2.45) is 5.41 Å². The Labute approximate surface area is 74.7 Å². The molecule has 0 spiro atoms. The van der Waals surface area contributed by atoms with Gasteiger partial charge in [0.15, 0.2) is 0 Å². The molecule has 0 fully saturated rings. The molecule has 12 heavy (non-hydrogen) atoms. The Hall–Kier alpha value is -0.500. The van der Waals surface area contributed by atoms with Crippen molar-refractivity contribution < 1.29 is 5.11 Å². The normalized spacial score (nSPS) is 30.2. The van der Waals surface area contributed by atoms with Crippen LogP contribution in [0.25, 0.3) is 0 Å². The number of aliphatic hydroxyl groups excluding tert-OH is 1. The van der Waals surface area contributed by atoms with E-state index < -0.39 is 0 Å². The third kappa shape index (κ3) is 2.52. The predicted octanol–water partition coefficient (Wildman–Crippen LogP) is 1.66. The van der Waals surface area contributed by atoms with Gasteiger partial charge in [-0.3, -0.25) is 0 Å². The predicted molar refractivity (Wildman–Crippen MR) is 50.8 cm³/mol. The number of hydrogen-bond acceptors (Lipinski definition) is 2. The van der Waals surface area contributed by atoms with Crippen molar-refractivity contribution in [3.05, 3.63) is 12.3 Å². The van der Waals surface area contributed by atoms with Crippen molar-refractivity contribution in [1.29, 1.82) is 0 Å². The SMILES string of the molecule is CCCC(O)CC1(C)C=CNC1. The molecule has 1 rings (SSSR count). The van der Waals surface area contributed by atoms with Gasteiger partial charge in [0.2, 0.25) is 0 Å². The molecule has 0 saturated carbocycles. The molecule has 0 aromatic heterocycles. The second-order valence-electron chi connectivity index (χ2n) is 4.01. The molecule has 2 heteroatoms. The fourth-order valence-corrected chi connectivity index (χ4v) is 1.72. The van der Waals surface area contributed by atoms with Crippen LogP contribution in [0.4, 0.5) is 0 Å². The maximum Gasteiger partial charge on any atom is 0.0549 e. The van der Waals surface area contributed by atoms with Crippen molar-refractivity contribution in [1.82, 2.24) is 5.32 Å². The quantitative estimate of drug-likeness (QED) is 0.671. The second kappa shape index (κ2) is 3.94. The summed E-state index contributed by atoms with van der Waals surface area (Å²) < 4.78 is 0. The Morgan fingerprint density at radius 2 is 2.42 bits per heavy atom. The van der Waals surface area contributed by atoms with Crippen LogP contribution >= 0.6 is 0 Å². The van der Waals surface area contributed by atoms with Crippen LogP contribution < -0.4 is 5.32 Å². The summed E-state index contributed by atoms with van der Waals surface area (Å²) in [7, 11) is 0. The summed E-state index contributed by atoms with van der Waals surface area (Å²) in [6, 6.07) is 0. The molecular weight excluding hydrogens is 150 g/mol. The first kappa shape index (κ1) is 9.59. The Morgan fingerprint density at radius 3 is 2.92 bits per heavy atom. The fraction of sp³-hybridized carbons (Fsp3) is 0.800. The van der Waals surface area contributed by atoms with Gasteiger partial charge in [0.05, 0.1) is 6.10 Å². The van der Waals surface area contributed by atoms with E-state index in [1.54, 1.807) is 0 Å². The van der Waals surface area contributed by atoms with E-state index in [0.717, 1.165) is 25.8 Å². The first-order chi connectivity index (χ1) is 5.66. The minimum atomic E-state index is -0.135. The van der Waals surface area contributed by atoms with Crippen LogP contribution in [0, 0.1) is 5.41 Å². The standard InChI is InChI=1S/C10H19NO/c1-3-4-9(12)7-10(2)5-6-11-8-10/h5-6,9,11-12H,3-4,7-8H2,1-2H3. The molecule has 2 atom stereocenters. The smallest absolute Gasteiger partial charge is 0.0549 e. The Kier molecular flexibility index (Phi) is 3.15. The van der Waals surface area contributed by atoms with Crippen LogP contribution in [0.1, 0.15) is 33.1 Å². The van der Waals surface area contributed by atoms with E-state index in [1.807, 2.05) is 6.20 Å². The summed E-state index contributed by atoms with van der Waals surface area (Å²) in [6.45, 7) is 5.25. The molecule has 2 unspecified atom stereocenters. The number of hydrogen-bond donors (Lipinski definition) is 2. The highest BCUT2D eigenvalue weighted by Gasteiger charge is 2.26. The van der Waals surface area contributed by atoms with E-state index in [0.29, 0.717) is 0 Å². The van der Waals surface area contributed by atoms with E-state index in [-0.39, 0.29) is 11.5 Å². The first-order valence-electron chi connectivity index (χ1n) is 4.75. The molecule has 0 aromatic carbocycles. The van der Waals surface area contributed by atoms with Gasteiger partial charge in [0, 0.05) is 12.0 Å². The molecule has 1 aliphatic rings. The molecule has 1 aliphatic heterocycles. The monoisotopic (exact) mass is 169 g/mol.